The molecular weight excluding hydrogens is 271 g/mol. The molecule has 1 aromatic heterocycles. The minimum atomic E-state index is -0.885. The molecule has 0 unspecified atom stereocenters. The Balaban J connectivity index is 2.23. The van der Waals surface area contributed by atoms with Gasteiger partial charge in [-0.15, -0.1) is 0 Å². The average Bonchev–Trinajstić information content (AvgIpc) is 2.41. The van der Waals surface area contributed by atoms with E-state index in [2.05, 4.69) is 15.6 Å². The highest BCUT2D eigenvalue weighted by molar-refractivity contribution is 6.04. The standard InChI is InChI=1S/C13H10F3N3O/c1-17-12-9(15)4-7(5-10(12)16)13(20)19-11-3-2-8(14)6-18-11/h2-6,17H,1H3,(H,18,19,20). The van der Waals surface area contributed by atoms with Gasteiger partial charge in [0.05, 0.1) is 6.20 Å². The summed E-state index contributed by atoms with van der Waals surface area (Å²) < 4.78 is 39.7. The van der Waals surface area contributed by atoms with E-state index in [9.17, 15) is 18.0 Å². The smallest absolute Gasteiger partial charge is 0.257 e. The third kappa shape index (κ3) is 2.87. The van der Waals surface area contributed by atoms with Gasteiger partial charge in [0.15, 0.2) is 0 Å². The molecular formula is C13H10F3N3O. The van der Waals surface area contributed by atoms with Crippen molar-refractivity contribution in [2.24, 2.45) is 0 Å². The molecule has 0 aliphatic heterocycles. The number of hydrogen-bond donors (Lipinski definition) is 2. The van der Waals surface area contributed by atoms with Crippen molar-refractivity contribution in [3.05, 3.63) is 53.5 Å². The number of benzene rings is 1. The Labute approximate surface area is 112 Å². The molecule has 1 amide bonds. The molecule has 0 aliphatic carbocycles. The van der Waals surface area contributed by atoms with Crippen molar-refractivity contribution in [2.45, 2.75) is 0 Å². The lowest BCUT2D eigenvalue weighted by Crippen LogP contribution is -2.14. The topological polar surface area (TPSA) is 54.0 Å². The van der Waals surface area contributed by atoms with Crippen molar-refractivity contribution in [1.82, 2.24) is 4.98 Å². The monoisotopic (exact) mass is 281 g/mol. The van der Waals surface area contributed by atoms with Crippen LogP contribution in [0.15, 0.2) is 30.5 Å². The SMILES string of the molecule is CNc1c(F)cc(C(=O)Nc2ccc(F)cn2)cc1F. The van der Waals surface area contributed by atoms with Gasteiger partial charge in [-0.1, -0.05) is 0 Å². The number of hydrogen-bond acceptors (Lipinski definition) is 3. The summed E-state index contributed by atoms with van der Waals surface area (Å²) in [5.74, 6) is -2.99. The van der Waals surface area contributed by atoms with Gasteiger partial charge in [0.25, 0.3) is 5.91 Å². The summed E-state index contributed by atoms with van der Waals surface area (Å²) in [6.07, 6.45) is 0.918. The van der Waals surface area contributed by atoms with E-state index in [4.69, 9.17) is 0 Å². The van der Waals surface area contributed by atoms with E-state index < -0.39 is 23.4 Å². The fourth-order valence-corrected chi connectivity index (χ4v) is 1.58. The molecule has 2 rings (SSSR count). The molecule has 0 fully saturated rings. The zero-order chi connectivity index (χ0) is 14.7. The minimum Gasteiger partial charge on any atom is -0.383 e. The van der Waals surface area contributed by atoms with Gasteiger partial charge in [0.2, 0.25) is 0 Å². The first-order valence-electron chi connectivity index (χ1n) is 5.61. The molecule has 0 bridgehead atoms. The van der Waals surface area contributed by atoms with Crippen LogP contribution < -0.4 is 10.6 Å². The number of pyridine rings is 1. The lowest BCUT2D eigenvalue weighted by molar-refractivity contribution is 0.102. The molecule has 2 N–H and O–H groups in total. The third-order valence-corrected chi connectivity index (χ3v) is 2.52. The first-order valence-corrected chi connectivity index (χ1v) is 5.61. The normalized spacial score (nSPS) is 10.2. The van der Waals surface area contributed by atoms with Crippen molar-refractivity contribution >= 4 is 17.4 Å². The van der Waals surface area contributed by atoms with E-state index in [1.807, 2.05) is 0 Å². The summed E-state index contributed by atoms with van der Waals surface area (Å²) in [7, 11) is 1.36. The Morgan fingerprint density at radius 3 is 2.30 bits per heavy atom. The molecule has 104 valence electrons. The van der Waals surface area contributed by atoms with E-state index in [0.29, 0.717) is 0 Å². The second-order valence-corrected chi connectivity index (χ2v) is 3.88. The molecule has 1 heterocycles. The van der Waals surface area contributed by atoms with E-state index >= 15 is 0 Å². The zero-order valence-electron chi connectivity index (χ0n) is 10.4. The number of carbonyl (C=O) groups is 1. The summed E-state index contributed by atoms with van der Waals surface area (Å²) >= 11 is 0. The lowest BCUT2D eigenvalue weighted by Gasteiger charge is -2.08. The fraction of sp³-hybridized carbons (Fsp3) is 0.0769. The van der Waals surface area contributed by atoms with Crippen LogP contribution in [0.4, 0.5) is 24.7 Å². The Bertz CT molecular complexity index is 621. The van der Waals surface area contributed by atoms with Gasteiger partial charge < -0.3 is 10.6 Å². The van der Waals surface area contributed by atoms with E-state index in [1.165, 1.54) is 13.1 Å². The molecule has 0 aliphatic rings. The van der Waals surface area contributed by atoms with Crippen LogP contribution in [-0.2, 0) is 0 Å². The number of halogens is 3. The molecule has 1 aromatic carbocycles. The van der Waals surface area contributed by atoms with Crippen molar-refractivity contribution in [2.75, 3.05) is 17.7 Å². The Morgan fingerprint density at radius 1 is 1.15 bits per heavy atom. The molecule has 0 radical (unpaired) electrons. The quantitative estimate of drug-likeness (QED) is 0.909. The molecule has 20 heavy (non-hydrogen) atoms. The van der Waals surface area contributed by atoms with Crippen molar-refractivity contribution in [3.8, 4) is 0 Å². The van der Waals surface area contributed by atoms with E-state index in [0.717, 1.165) is 24.4 Å². The van der Waals surface area contributed by atoms with Gasteiger partial charge in [0, 0.05) is 12.6 Å². The number of amides is 1. The number of rotatable bonds is 3. The largest absolute Gasteiger partial charge is 0.383 e. The predicted molar refractivity (Wildman–Crippen MR) is 68.1 cm³/mol. The van der Waals surface area contributed by atoms with Gasteiger partial charge in [-0.05, 0) is 24.3 Å². The number of aromatic nitrogens is 1. The van der Waals surface area contributed by atoms with Crippen LogP contribution in [0, 0.1) is 17.5 Å². The molecule has 0 spiro atoms. The van der Waals surface area contributed by atoms with Crippen LogP contribution in [-0.4, -0.2) is 17.9 Å². The summed E-state index contributed by atoms with van der Waals surface area (Å²) in [6, 6.07) is 4.14. The van der Waals surface area contributed by atoms with Crippen LogP contribution in [0.2, 0.25) is 0 Å². The Morgan fingerprint density at radius 2 is 1.80 bits per heavy atom. The first-order chi connectivity index (χ1) is 9.51. The maximum absolute atomic E-state index is 13.5. The van der Waals surface area contributed by atoms with Gasteiger partial charge in [-0.2, -0.15) is 0 Å². The molecule has 0 atom stereocenters. The average molecular weight is 281 g/mol. The Hall–Kier alpha value is -2.57. The van der Waals surface area contributed by atoms with Crippen LogP contribution in [0.3, 0.4) is 0 Å². The molecule has 0 saturated carbocycles. The summed E-state index contributed by atoms with van der Waals surface area (Å²) in [5, 5.41) is 4.66. The first kappa shape index (κ1) is 13.9. The highest BCUT2D eigenvalue weighted by Gasteiger charge is 2.14. The Kier molecular flexibility index (Phi) is 3.88. The highest BCUT2D eigenvalue weighted by Crippen LogP contribution is 2.20. The van der Waals surface area contributed by atoms with Crippen molar-refractivity contribution in [3.63, 3.8) is 0 Å². The molecule has 0 saturated heterocycles. The van der Waals surface area contributed by atoms with Gasteiger partial charge in [-0.25, -0.2) is 18.2 Å². The van der Waals surface area contributed by atoms with Crippen molar-refractivity contribution < 1.29 is 18.0 Å². The second-order valence-electron chi connectivity index (χ2n) is 3.88. The van der Waals surface area contributed by atoms with Crippen LogP contribution in [0.1, 0.15) is 10.4 Å². The molecule has 7 heteroatoms. The van der Waals surface area contributed by atoms with Gasteiger partial charge >= 0.3 is 0 Å². The fourth-order valence-electron chi connectivity index (χ4n) is 1.58. The van der Waals surface area contributed by atoms with Crippen LogP contribution in [0.5, 0.6) is 0 Å². The lowest BCUT2D eigenvalue weighted by atomic mass is 10.1. The number of nitrogens with one attached hydrogen (secondary N) is 2. The van der Waals surface area contributed by atoms with Crippen LogP contribution >= 0.6 is 0 Å². The van der Waals surface area contributed by atoms with Gasteiger partial charge in [-0.3, -0.25) is 4.79 Å². The maximum Gasteiger partial charge on any atom is 0.257 e. The third-order valence-electron chi connectivity index (χ3n) is 2.52. The number of nitrogens with zero attached hydrogens (tertiary/aromatic N) is 1. The summed E-state index contributed by atoms with van der Waals surface area (Å²) in [5.41, 5.74) is -0.522. The second kappa shape index (κ2) is 5.60. The zero-order valence-corrected chi connectivity index (χ0v) is 10.4. The molecule has 2 aromatic rings. The summed E-state index contributed by atoms with van der Waals surface area (Å²) in [6.45, 7) is 0. The van der Waals surface area contributed by atoms with E-state index in [-0.39, 0.29) is 17.1 Å². The van der Waals surface area contributed by atoms with Gasteiger partial charge in [0.1, 0.15) is 29.0 Å². The maximum atomic E-state index is 13.5. The number of carbonyl (C=O) groups excluding carboxylic acids is 1. The van der Waals surface area contributed by atoms with E-state index in [1.54, 1.807) is 0 Å². The van der Waals surface area contributed by atoms with Crippen LogP contribution in [0.25, 0.3) is 0 Å². The predicted octanol–water partition coefficient (Wildman–Crippen LogP) is 2.79. The summed E-state index contributed by atoms with van der Waals surface area (Å²) in [4.78, 5) is 15.4. The van der Waals surface area contributed by atoms with Crippen molar-refractivity contribution in [1.29, 1.82) is 0 Å². The molecule has 4 nitrogen and oxygen atoms in total. The minimum absolute atomic E-state index is 0.0786. The highest BCUT2D eigenvalue weighted by atomic mass is 19.1. The number of anilines is 2.